The van der Waals surface area contributed by atoms with Crippen LogP contribution in [-0.4, -0.2) is 41.6 Å². The fourth-order valence-electron chi connectivity index (χ4n) is 1.76. The molecule has 3 nitrogen and oxygen atoms in total. The topological polar surface area (TPSA) is 36.4 Å². The summed E-state index contributed by atoms with van der Waals surface area (Å²) in [7, 11) is 1.56. The van der Waals surface area contributed by atoms with Gasteiger partial charge in [-0.3, -0.25) is 4.98 Å². The van der Waals surface area contributed by atoms with Crippen LogP contribution < -0.4 is 0 Å². The average Bonchev–Trinajstić information content (AvgIpc) is 2.27. The Morgan fingerprint density at radius 3 is 2.50 bits per heavy atom. The molecule has 6 heteroatoms. The number of aliphatic hydroxyl groups is 1. The summed E-state index contributed by atoms with van der Waals surface area (Å²) in [6.07, 6.45) is -2.28. The third-order valence-electron chi connectivity index (χ3n) is 2.64. The van der Waals surface area contributed by atoms with Gasteiger partial charge in [-0.15, -0.1) is 0 Å². The monoisotopic (exact) mass is 262 g/mol. The van der Waals surface area contributed by atoms with Gasteiger partial charge in [0.15, 0.2) is 0 Å². The number of nitrogens with zero attached hydrogens (tertiary/aromatic N) is 2. The van der Waals surface area contributed by atoms with E-state index in [1.165, 1.54) is 17.0 Å². The lowest BCUT2D eigenvalue weighted by molar-refractivity contribution is 0.0605. The Bertz CT molecular complexity index is 359. The lowest BCUT2D eigenvalue weighted by atomic mass is 10.0. The Hall–Kier alpha value is -1.14. The molecule has 2 unspecified atom stereocenters. The van der Waals surface area contributed by atoms with E-state index in [-0.39, 0.29) is 12.5 Å². The number of aromatic nitrogens is 1. The van der Waals surface area contributed by atoms with E-state index in [0.717, 1.165) is 6.20 Å². The first-order valence-electron chi connectivity index (χ1n) is 5.66. The molecule has 0 aliphatic heterocycles. The van der Waals surface area contributed by atoms with Crippen LogP contribution in [-0.2, 0) is 0 Å². The van der Waals surface area contributed by atoms with Crippen molar-refractivity contribution in [3.05, 3.63) is 29.8 Å². The van der Waals surface area contributed by atoms with Crippen LogP contribution in [0.15, 0.2) is 18.3 Å². The lowest BCUT2D eigenvalue weighted by Gasteiger charge is -2.24. The van der Waals surface area contributed by atoms with Crippen molar-refractivity contribution in [2.75, 3.05) is 20.1 Å². The fourth-order valence-corrected chi connectivity index (χ4v) is 1.76. The molecule has 1 aromatic heterocycles. The normalized spacial score (nSPS) is 15.1. The zero-order valence-electron chi connectivity index (χ0n) is 10.4. The molecule has 0 bridgehead atoms. The second kappa shape index (κ2) is 6.70. The Labute approximate surface area is 104 Å². The van der Waals surface area contributed by atoms with Crippen molar-refractivity contribution in [2.24, 2.45) is 5.92 Å². The molecule has 0 radical (unpaired) electrons. The molecule has 1 heterocycles. The second-order valence-electron chi connectivity index (χ2n) is 4.44. The van der Waals surface area contributed by atoms with Crippen molar-refractivity contribution in [3.63, 3.8) is 0 Å². The summed E-state index contributed by atoms with van der Waals surface area (Å²) in [4.78, 5) is 5.22. The third-order valence-corrected chi connectivity index (χ3v) is 2.64. The molecule has 0 fully saturated rings. The number of hydrogen-bond acceptors (Lipinski definition) is 3. The highest BCUT2D eigenvalue weighted by atomic mass is 19.3. The lowest BCUT2D eigenvalue weighted by Crippen LogP contribution is -2.31. The SMILES string of the molecule is CC(CN(C)CC(F)F)C(O)c1ccc(F)cn1. The zero-order chi connectivity index (χ0) is 13.7. The third kappa shape index (κ3) is 4.62. The summed E-state index contributed by atoms with van der Waals surface area (Å²) in [5.41, 5.74) is 0.342. The predicted molar refractivity (Wildman–Crippen MR) is 61.8 cm³/mol. The van der Waals surface area contributed by atoms with Crippen LogP contribution in [0.3, 0.4) is 0 Å². The maximum Gasteiger partial charge on any atom is 0.251 e. The van der Waals surface area contributed by atoms with Crippen LogP contribution in [0.1, 0.15) is 18.7 Å². The highest BCUT2D eigenvalue weighted by Crippen LogP contribution is 2.20. The number of halogens is 3. The smallest absolute Gasteiger partial charge is 0.251 e. The Morgan fingerprint density at radius 1 is 1.33 bits per heavy atom. The van der Waals surface area contributed by atoms with Crippen LogP contribution in [0.4, 0.5) is 13.2 Å². The second-order valence-corrected chi connectivity index (χ2v) is 4.44. The van der Waals surface area contributed by atoms with Crippen molar-refractivity contribution in [3.8, 4) is 0 Å². The summed E-state index contributed by atoms with van der Waals surface area (Å²) in [5.74, 6) is -0.750. The maximum atomic E-state index is 12.7. The summed E-state index contributed by atoms with van der Waals surface area (Å²) < 4.78 is 37.0. The molecular formula is C12H17F3N2O. The Kier molecular flexibility index (Phi) is 5.55. The Balaban J connectivity index is 2.55. The van der Waals surface area contributed by atoms with Gasteiger partial charge >= 0.3 is 0 Å². The summed E-state index contributed by atoms with van der Waals surface area (Å²) >= 11 is 0. The van der Waals surface area contributed by atoms with Crippen molar-refractivity contribution < 1.29 is 18.3 Å². The molecule has 0 saturated heterocycles. The molecule has 1 N–H and O–H groups in total. The fraction of sp³-hybridized carbons (Fsp3) is 0.583. The number of hydrogen-bond donors (Lipinski definition) is 1. The van der Waals surface area contributed by atoms with Gasteiger partial charge in [0.2, 0.25) is 0 Å². The standard InChI is InChI=1S/C12H17F3N2O/c1-8(6-17(2)7-11(14)15)12(18)10-4-3-9(13)5-16-10/h3-5,8,11-12,18H,6-7H2,1-2H3. The van der Waals surface area contributed by atoms with E-state index < -0.39 is 18.3 Å². The van der Waals surface area contributed by atoms with Crippen LogP contribution in [0.5, 0.6) is 0 Å². The van der Waals surface area contributed by atoms with E-state index in [2.05, 4.69) is 4.98 Å². The molecule has 0 spiro atoms. The van der Waals surface area contributed by atoms with Gasteiger partial charge in [0.1, 0.15) is 5.82 Å². The zero-order valence-corrected chi connectivity index (χ0v) is 10.4. The summed E-state index contributed by atoms with van der Waals surface area (Å²) in [5, 5.41) is 9.96. The number of aliphatic hydroxyl groups excluding tert-OH is 1. The first-order valence-corrected chi connectivity index (χ1v) is 5.66. The largest absolute Gasteiger partial charge is 0.386 e. The van der Waals surface area contributed by atoms with E-state index in [0.29, 0.717) is 12.2 Å². The molecular weight excluding hydrogens is 245 g/mol. The maximum absolute atomic E-state index is 12.7. The van der Waals surface area contributed by atoms with Crippen LogP contribution >= 0.6 is 0 Å². The number of alkyl halides is 2. The molecule has 0 amide bonds. The van der Waals surface area contributed by atoms with E-state index in [4.69, 9.17) is 0 Å². The van der Waals surface area contributed by atoms with Crippen LogP contribution in [0.2, 0.25) is 0 Å². The molecule has 0 aliphatic rings. The minimum absolute atomic E-state index is 0.272. The van der Waals surface area contributed by atoms with E-state index in [1.54, 1.807) is 14.0 Å². The van der Waals surface area contributed by atoms with Gasteiger partial charge in [-0.25, -0.2) is 13.2 Å². The first-order chi connectivity index (χ1) is 8.40. The van der Waals surface area contributed by atoms with E-state index in [9.17, 15) is 18.3 Å². The van der Waals surface area contributed by atoms with Crippen molar-refractivity contribution in [1.29, 1.82) is 0 Å². The van der Waals surface area contributed by atoms with Gasteiger partial charge in [-0.2, -0.15) is 0 Å². The summed E-state index contributed by atoms with van der Waals surface area (Å²) in [6, 6.07) is 2.60. The number of pyridine rings is 1. The van der Waals surface area contributed by atoms with Gasteiger partial charge < -0.3 is 10.0 Å². The van der Waals surface area contributed by atoms with E-state index in [1.807, 2.05) is 0 Å². The highest BCUT2D eigenvalue weighted by molar-refractivity contribution is 5.08. The first kappa shape index (κ1) is 14.9. The average molecular weight is 262 g/mol. The molecule has 1 rings (SSSR count). The van der Waals surface area contributed by atoms with Crippen LogP contribution in [0, 0.1) is 11.7 Å². The quantitative estimate of drug-likeness (QED) is 0.852. The molecule has 0 saturated carbocycles. The number of rotatable bonds is 6. The highest BCUT2D eigenvalue weighted by Gasteiger charge is 2.20. The molecule has 102 valence electrons. The predicted octanol–water partition coefficient (Wildman–Crippen LogP) is 2.09. The van der Waals surface area contributed by atoms with Gasteiger partial charge in [0.25, 0.3) is 6.43 Å². The Morgan fingerprint density at radius 2 is 2.00 bits per heavy atom. The van der Waals surface area contributed by atoms with Gasteiger partial charge in [0, 0.05) is 12.5 Å². The molecule has 2 atom stereocenters. The van der Waals surface area contributed by atoms with Gasteiger partial charge in [-0.1, -0.05) is 6.92 Å². The van der Waals surface area contributed by atoms with E-state index >= 15 is 0 Å². The minimum atomic E-state index is -2.40. The molecule has 0 aliphatic carbocycles. The van der Waals surface area contributed by atoms with Crippen molar-refractivity contribution in [1.82, 2.24) is 9.88 Å². The molecule has 18 heavy (non-hydrogen) atoms. The summed E-state index contributed by atoms with van der Waals surface area (Å²) in [6.45, 7) is 1.70. The van der Waals surface area contributed by atoms with Crippen molar-refractivity contribution >= 4 is 0 Å². The van der Waals surface area contributed by atoms with Crippen LogP contribution in [0.25, 0.3) is 0 Å². The van der Waals surface area contributed by atoms with Gasteiger partial charge in [-0.05, 0) is 19.2 Å². The van der Waals surface area contributed by atoms with Gasteiger partial charge in [0.05, 0.1) is 24.5 Å². The van der Waals surface area contributed by atoms with Crippen molar-refractivity contribution in [2.45, 2.75) is 19.5 Å². The molecule has 0 aromatic carbocycles. The minimum Gasteiger partial charge on any atom is -0.386 e. The molecule has 1 aromatic rings.